The molecule has 0 amide bonds. The molecule has 1 unspecified atom stereocenters. The van der Waals surface area contributed by atoms with Gasteiger partial charge in [-0.2, -0.15) is 0 Å². The van der Waals surface area contributed by atoms with Gasteiger partial charge in [0.1, 0.15) is 11.6 Å². The van der Waals surface area contributed by atoms with Crippen LogP contribution < -0.4 is 15.2 Å². The molecule has 3 atom stereocenters. The number of aromatic nitrogens is 2. The van der Waals surface area contributed by atoms with Crippen molar-refractivity contribution in [2.75, 3.05) is 18.0 Å². The van der Waals surface area contributed by atoms with E-state index >= 15 is 0 Å². The third-order valence-electron chi connectivity index (χ3n) is 6.99. The van der Waals surface area contributed by atoms with Crippen LogP contribution in [0.5, 0.6) is 5.75 Å². The topological polar surface area (TPSA) is 55.0 Å². The lowest BCUT2D eigenvalue weighted by atomic mass is 9.97. The molecule has 1 saturated heterocycles. The first-order valence-electron chi connectivity index (χ1n) is 11.9. The predicted octanol–water partition coefficient (Wildman–Crippen LogP) is 5.57. The second-order valence-electron chi connectivity index (χ2n) is 9.24. The van der Waals surface area contributed by atoms with Crippen molar-refractivity contribution in [2.24, 2.45) is 7.05 Å². The Kier molecular flexibility index (Phi) is 7.15. The number of pyridine rings is 2. The first-order valence-corrected chi connectivity index (χ1v) is 11.9. The van der Waals surface area contributed by atoms with Crippen molar-refractivity contribution in [2.45, 2.75) is 51.7 Å². The summed E-state index contributed by atoms with van der Waals surface area (Å²) in [6.45, 7) is 14.2. The Balaban J connectivity index is 1.66. The Morgan fingerprint density at radius 3 is 2.57 bits per heavy atom. The van der Waals surface area contributed by atoms with E-state index in [0.717, 1.165) is 12.1 Å². The van der Waals surface area contributed by atoms with Crippen molar-refractivity contribution < 1.29 is 22.3 Å². The molecule has 1 aliphatic rings. The Labute approximate surface area is 211 Å². The molecule has 0 bridgehead atoms. The van der Waals surface area contributed by atoms with Gasteiger partial charge in [0, 0.05) is 56.0 Å². The summed E-state index contributed by atoms with van der Waals surface area (Å²) in [4.78, 5) is 24.9. The minimum absolute atomic E-state index is 0.0418. The number of ether oxygens (including phenoxy) is 1. The maximum absolute atomic E-state index is 14.9. The fourth-order valence-corrected chi connectivity index (χ4v) is 5.04. The molecule has 4 rings (SSSR count). The smallest absolute Gasteiger partial charge is 0.406 e. The molecule has 0 aliphatic carbocycles. The van der Waals surface area contributed by atoms with E-state index in [2.05, 4.69) is 24.4 Å². The zero-order chi connectivity index (χ0) is 27.1. The third kappa shape index (κ3) is 5.25. The Bertz CT molecular complexity index is 1420. The summed E-state index contributed by atoms with van der Waals surface area (Å²) in [6.07, 6.45) is -4.18. The molecule has 0 N–H and O–H groups in total. The van der Waals surface area contributed by atoms with Crippen LogP contribution in [0.3, 0.4) is 0 Å². The second-order valence-corrected chi connectivity index (χ2v) is 9.24. The van der Waals surface area contributed by atoms with E-state index in [4.69, 9.17) is 6.57 Å². The molecular weight excluding hydrogens is 490 g/mol. The fraction of sp³-hybridized carbons (Fsp3) is 0.423. The van der Waals surface area contributed by atoms with Gasteiger partial charge >= 0.3 is 6.36 Å². The van der Waals surface area contributed by atoms with Crippen molar-refractivity contribution in [1.82, 2.24) is 14.5 Å². The molecule has 1 aromatic carbocycles. The van der Waals surface area contributed by atoms with Gasteiger partial charge in [-0.05, 0) is 38.5 Å². The van der Waals surface area contributed by atoms with Gasteiger partial charge in [-0.1, -0.05) is 19.6 Å². The van der Waals surface area contributed by atoms with Crippen LogP contribution in [0.1, 0.15) is 38.8 Å². The summed E-state index contributed by atoms with van der Waals surface area (Å²) in [5.74, 6) is -1.14. The number of anilines is 1. The van der Waals surface area contributed by atoms with Gasteiger partial charge in [0.2, 0.25) is 5.52 Å². The van der Waals surface area contributed by atoms with Crippen LogP contribution in [0.15, 0.2) is 41.2 Å². The first kappa shape index (κ1) is 26.4. The Morgan fingerprint density at radius 2 is 1.95 bits per heavy atom. The van der Waals surface area contributed by atoms with Crippen molar-refractivity contribution in [3.63, 3.8) is 0 Å². The quantitative estimate of drug-likeness (QED) is 0.327. The fourth-order valence-electron chi connectivity index (χ4n) is 5.04. The average Bonchev–Trinajstić information content (AvgIpc) is 2.84. The molecular formula is C26H27F4N5O2. The van der Waals surface area contributed by atoms with E-state index in [1.165, 1.54) is 16.7 Å². The van der Waals surface area contributed by atoms with Crippen LogP contribution in [-0.4, -0.2) is 46.0 Å². The molecule has 0 radical (unpaired) electrons. The Morgan fingerprint density at radius 1 is 1.22 bits per heavy atom. The Hall–Kier alpha value is -3.65. The lowest BCUT2D eigenvalue weighted by Crippen LogP contribution is -2.58. The SMILES string of the molecule is [C-]#[N+]c1ccc2c(n1)c(N1C[C@@H](CC)N(C(C)c3ccc(OC(F)(F)F)cc3F)C[C@@H]1C)cc(=O)n2C. The number of fused-ring (bicyclic) bond motifs is 1. The maximum Gasteiger partial charge on any atom is 0.573 e. The van der Waals surface area contributed by atoms with E-state index in [9.17, 15) is 22.4 Å². The number of hydrogen-bond donors (Lipinski definition) is 0. The highest BCUT2D eigenvalue weighted by Crippen LogP contribution is 2.35. The van der Waals surface area contributed by atoms with Gasteiger partial charge in [-0.3, -0.25) is 9.69 Å². The molecule has 11 heteroatoms. The zero-order valence-corrected chi connectivity index (χ0v) is 20.9. The molecule has 3 aromatic rings. The van der Waals surface area contributed by atoms with Gasteiger partial charge in [0.25, 0.3) is 11.4 Å². The van der Waals surface area contributed by atoms with Gasteiger partial charge in [-0.25, -0.2) is 4.39 Å². The minimum atomic E-state index is -4.90. The molecule has 0 saturated carbocycles. The van der Waals surface area contributed by atoms with E-state index in [1.54, 1.807) is 19.2 Å². The highest BCUT2D eigenvalue weighted by Gasteiger charge is 2.37. The number of hydrogen-bond acceptors (Lipinski definition) is 5. The number of benzene rings is 1. The summed E-state index contributed by atoms with van der Waals surface area (Å²) in [7, 11) is 1.66. The van der Waals surface area contributed by atoms with Crippen molar-refractivity contribution in [1.29, 1.82) is 0 Å². The van der Waals surface area contributed by atoms with Crippen LogP contribution in [0, 0.1) is 12.4 Å². The lowest BCUT2D eigenvalue weighted by Gasteiger charge is -2.48. The summed E-state index contributed by atoms with van der Waals surface area (Å²) < 4.78 is 57.8. The number of alkyl halides is 3. The number of aryl methyl sites for hydroxylation is 1. The van der Waals surface area contributed by atoms with Crippen molar-refractivity contribution >= 4 is 22.5 Å². The number of rotatable bonds is 5. The van der Waals surface area contributed by atoms with Crippen LogP contribution in [0.2, 0.25) is 0 Å². The monoisotopic (exact) mass is 517 g/mol. The molecule has 1 aliphatic heterocycles. The normalized spacial score (nSPS) is 19.6. The van der Waals surface area contributed by atoms with Gasteiger partial charge < -0.3 is 19.0 Å². The van der Waals surface area contributed by atoms with Crippen molar-refractivity contribution in [3.8, 4) is 5.75 Å². The van der Waals surface area contributed by atoms with Gasteiger partial charge in [0.15, 0.2) is 0 Å². The van der Waals surface area contributed by atoms with Crippen LogP contribution in [-0.2, 0) is 7.05 Å². The zero-order valence-electron chi connectivity index (χ0n) is 20.9. The number of halogens is 4. The van der Waals surface area contributed by atoms with Crippen molar-refractivity contribution in [3.05, 3.63) is 69.5 Å². The van der Waals surface area contributed by atoms with E-state index in [1.807, 2.05) is 20.8 Å². The van der Waals surface area contributed by atoms with Gasteiger partial charge in [-0.15, -0.1) is 18.2 Å². The highest BCUT2D eigenvalue weighted by atomic mass is 19.4. The summed E-state index contributed by atoms with van der Waals surface area (Å²) in [5, 5.41) is 0. The molecule has 0 spiro atoms. The first-order chi connectivity index (χ1) is 17.4. The van der Waals surface area contributed by atoms with Crippen LogP contribution in [0.25, 0.3) is 15.9 Å². The van der Waals surface area contributed by atoms with Crippen LogP contribution in [0.4, 0.5) is 29.1 Å². The summed E-state index contributed by atoms with van der Waals surface area (Å²) >= 11 is 0. The lowest BCUT2D eigenvalue weighted by molar-refractivity contribution is -0.274. The van der Waals surface area contributed by atoms with E-state index in [0.29, 0.717) is 36.2 Å². The third-order valence-corrected chi connectivity index (χ3v) is 6.99. The van der Waals surface area contributed by atoms with Gasteiger partial charge in [0.05, 0.1) is 11.2 Å². The highest BCUT2D eigenvalue weighted by molar-refractivity contribution is 5.89. The minimum Gasteiger partial charge on any atom is -0.406 e. The predicted molar refractivity (Wildman–Crippen MR) is 132 cm³/mol. The van der Waals surface area contributed by atoms with E-state index in [-0.39, 0.29) is 29.0 Å². The average molecular weight is 518 g/mol. The second kappa shape index (κ2) is 10.0. The van der Waals surface area contributed by atoms with Crippen LogP contribution >= 0.6 is 0 Å². The standard InChI is InChI=1S/C26H27F4N5O2/c1-6-17-14-34(22-12-24(36)33(5)21-9-10-23(31-4)32-25(21)22)15(2)13-35(17)16(3)19-8-7-18(11-20(19)27)37-26(28,29)30/h7-12,15-17H,6,13-14H2,1-3,5H3/t15-,16?,17+/m0/s1. The number of piperazine rings is 1. The largest absolute Gasteiger partial charge is 0.573 e. The number of nitrogens with zero attached hydrogens (tertiary/aromatic N) is 5. The molecule has 196 valence electrons. The molecule has 37 heavy (non-hydrogen) atoms. The molecule has 2 aromatic heterocycles. The summed E-state index contributed by atoms with van der Waals surface area (Å²) in [6, 6.07) is 7.48. The summed E-state index contributed by atoms with van der Waals surface area (Å²) in [5.41, 5.74) is 1.90. The maximum atomic E-state index is 14.9. The molecule has 7 nitrogen and oxygen atoms in total. The molecule has 1 fully saturated rings. The van der Waals surface area contributed by atoms with E-state index < -0.39 is 24.0 Å². The molecule has 3 heterocycles.